The van der Waals surface area contributed by atoms with Crippen LogP contribution in [0.1, 0.15) is 0 Å². The maximum Gasteiger partial charge on any atom is 0.311 e. The third-order valence-electron chi connectivity index (χ3n) is 3.03. The van der Waals surface area contributed by atoms with Crippen LogP contribution in [-0.2, 0) is 20.9 Å². The lowest BCUT2D eigenvalue weighted by molar-refractivity contribution is -0.144. The quantitative estimate of drug-likeness (QED) is 0.727. The number of hydrogen-bond donors (Lipinski definition) is 1. The summed E-state index contributed by atoms with van der Waals surface area (Å²) in [7, 11) is 1.58. The van der Waals surface area contributed by atoms with Gasteiger partial charge >= 0.3 is 5.97 Å². The molecule has 98 valence electrons. The number of aliphatic carboxylic acids is 1. The number of carboxylic acids is 1. The molecule has 1 aromatic rings. The normalized spacial score (nSPS) is 22.9. The zero-order valence-corrected chi connectivity index (χ0v) is 9.89. The molecule has 8 nitrogen and oxygen atoms in total. The molecular weight excluding hydrogens is 240 g/mol. The van der Waals surface area contributed by atoms with E-state index in [0.29, 0.717) is 0 Å². The standard InChI is InChI=1S/C10H14N4O4/c1-13(8-6-18-5-7(8)10(16)17)9(15)4-14-3-2-11-12-14/h2-3,7-8H,4-6H2,1H3,(H,16,17). The molecule has 1 amide bonds. The summed E-state index contributed by atoms with van der Waals surface area (Å²) in [4.78, 5) is 24.4. The van der Waals surface area contributed by atoms with Gasteiger partial charge in [-0.05, 0) is 0 Å². The minimum absolute atomic E-state index is 0.0410. The molecule has 1 saturated heterocycles. The molecule has 0 saturated carbocycles. The Bertz CT molecular complexity index is 433. The summed E-state index contributed by atoms with van der Waals surface area (Å²) >= 11 is 0. The van der Waals surface area contributed by atoms with Crippen LogP contribution in [0.2, 0.25) is 0 Å². The van der Waals surface area contributed by atoms with Crippen molar-refractivity contribution in [3.63, 3.8) is 0 Å². The van der Waals surface area contributed by atoms with Gasteiger partial charge in [0.25, 0.3) is 0 Å². The Morgan fingerprint density at radius 1 is 1.56 bits per heavy atom. The first-order valence-corrected chi connectivity index (χ1v) is 5.50. The zero-order chi connectivity index (χ0) is 13.1. The molecule has 0 aliphatic carbocycles. The average molecular weight is 254 g/mol. The molecule has 18 heavy (non-hydrogen) atoms. The second kappa shape index (κ2) is 5.13. The van der Waals surface area contributed by atoms with Crippen LogP contribution in [0.3, 0.4) is 0 Å². The predicted octanol–water partition coefficient (Wildman–Crippen LogP) is -1.16. The summed E-state index contributed by atoms with van der Waals surface area (Å²) in [5, 5.41) is 16.3. The molecule has 0 aromatic carbocycles. The molecular formula is C10H14N4O4. The Labute approximate surface area is 103 Å². The molecule has 1 N–H and O–H groups in total. The number of nitrogens with zero attached hydrogens (tertiary/aromatic N) is 4. The predicted molar refractivity (Wildman–Crippen MR) is 58.5 cm³/mol. The number of likely N-dealkylation sites (N-methyl/N-ethyl adjacent to an activating group) is 1. The van der Waals surface area contributed by atoms with Crippen molar-refractivity contribution < 1.29 is 19.4 Å². The SMILES string of the molecule is CN(C(=O)Cn1ccnn1)C1COCC1C(=O)O. The smallest absolute Gasteiger partial charge is 0.311 e. The molecule has 1 aromatic heterocycles. The molecule has 0 spiro atoms. The molecule has 1 aliphatic rings. The lowest BCUT2D eigenvalue weighted by atomic mass is 10.0. The number of aromatic nitrogens is 3. The molecule has 1 fully saturated rings. The minimum Gasteiger partial charge on any atom is -0.481 e. The molecule has 2 atom stereocenters. The summed E-state index contributed by atoms with van der Waals surface area (Å²) in [6, 6.07) is -0.432. The highest BCUT2D eigenvalue weighted by Gasteiger charge is 2.38. The third-order valence-corrected chi connectivity index (χ3v) is 3.03. The van der Waals surface area contributed by atoms with E-state index < -0.39 is 17.9 Å². The molecule has 0 radical (unpaired) electrons. The fraction of sp³-hybridized carbons (Fsp3) is 0.600. The maximum absolute atomic E-state index is 12.0. The molecule has 2 heterocycles. The van der Waals surface area contributed by atoms with Crippen LogP contribution in [-0.4, -0.2) is 63.2 Å². The highest BCUT2D eigenvalue weighted by atomic mass is 16.5. The highest BCUT2D eigenvalue weighted by Crippen LogP contribution is 2.19. The number of carbonyl (C=O) groups excluding carboxylic acids is 1. The van der Waals surface area contributed by atoms with Gasteiger partial charge in [-0.1, -0.05) is 5.21 Å². The Balaban J connectivity index is 1.99. The van der Waals surface area contributed by atoms with Crippen molar-refractivity contribution in [3.05, 3.63) is 12.4 Å². The molecule has 1 aliphatic heterocycles. The van der Waals surface area contributed by atoms with Crippen molar-refractivity contribution in [3.8, 4) is 0 Å². The largest absolute Gasteiger partial charge is 0.481 e. The second-order valence-electron chi connectivity index (χ2n) is 4.15. The number of rotatable bonds is 4. The summed E-state index contributed by atoms with van der Waals surface area (Å²) in [5.41, 5.74) is 0. The van der Waals surface area contributed by atoms with Gasteiger partial charge in [0, 0.05) is 13.2 Å². The molecule has 2 rings (SSSR count). The molecule has 8 heteroatoms. The van der Waals surface area contributed by atoms with Gasteiger partial charge in [0.1, 0.15) is 12.5 Å². The van der Waals surface area contributed by atoms with Crippen molar-refractivity contribution in [1.29, 1.82) is 0 Å². The van der Waals surface area contributed by atoms with E-state index in [1.807, 2.05) is 0 Å². The topological polar surface area (TPSA) is 97.5 Å². The van der Waals surface area contributed by atoms with Gasteiger partial charge in [-0.25, -0.2) is 4.68 Å². The van der Waals surface area contributed by atoms with E-state index in [2.05, 4.69) is 10.3 Å². The Hall–Kier alpha value is -1.96. The summed E-state index contributed by atoms with van der Waals surface area (Å²) in [5.74, 6) is -1.84. The van der Waals surface area contributed by atoms with E-state index >= 15 is 0 Å². The summed E-state index contributed by atoms with van der Waals surface area (Å²) in [6.07, 6.45) is 3.05. The van der Waals surface area contributed by atoms with Crippen molar-refractivity contribution in [2.75, 3.05) is 20.3 Å². The van der Waals surface area contributed by atoms with Gasteiger partial charge in [-0.2, -0.15) is 0 Å². The zero-order valence-electron chi connectivity index (χ0n) is 9.89. The molecule has 0 bridgehead atoms. The van der Waals surface area contributed by atoms with Crippen LogP contribution in [0.15, 0.2) is 12.4 Å². The van der Waals surface area contributed by atoms with Gasteiger partial charge in [0.05, 0.1) is 25.5 Å². The van der Waals surface area contributed by atoms with Gasteiger partial charge in [0.15, 0.2) is 0 Å². The number of carboxylic acid groups (broad SMARTS) is 1. The lowest BCUT2D eigenvalue weighted by Crippen LogP contribution is -2.45. The van der Waals surface area contributed by atoms with Crippen molar-refractivity contribution in [2.24, 2.45) is 5.92 Å². The Kier molecular flexibility index (Phi) is 3.56. The Morgan fingerprint density at radius 3 is 2.94 bits per heavy atom. The monoisotopic (exact) mass is 254 g/mol. The van der Waals surface area contributed by atoms with Gasteiger partial charge < -0.3 is 14.7 Å². The van der Waals surface area contributed by atoms with E-state index in [1.54, 1.807) is 13.2 Å². The fourth-order valence-corrected chi connectivity index (χ4v) is 1.91. The van der Waals surface area contributed by atoms with E-state index in [-0.39, 0.29) is 25.7 Å². The van der Waals surface area contributed by atoms with E-state index in [4.69, 9.17) is 9.84 Å². The van der Waals surface area contributed by atoms with Crippen molar-refractivity contribution in [1.82, 2.24) is 19.9 Å². The summed E-state index contributed by atoms with van der Waals surface area (Å²) < 4.78 is 6.52. The lowest BCUT2D eigenvalue weighted by Gasteiger charge is -2.26. The average Bonchev–Trinajstić information content (AvgIpc) is 2.97. The first-order chi connectivity index (χ1) is 8.59. The van der Waals surface area contributed by atoms with Crippen LogP contribution in [0.25, 0.3) is 0 Å². The van der Waals surface area contributed by atoms with Crippen LogP contribution in [0, 0.1) is 5.92 Å². The Morgan fingerprint density at radius 2 is 2.33 bits per heavy atom. The first-order valence-electron chi connectivity index (χ1n) is 5.50. The second-order valence-corrected chi connectivity index (χ2v) is 4.15. The van der Waals surface area contributed by atoms with Gasteiger partial charge in [0.2, 0.25) is 5.91 Å². The van der Waals surface area contributed by atoms with E-state index in [9.17, 15) is 9.59 Å². The van der Waals surface area contributed by atoms with Crippen molar-refractivity contribution in [2.45, 2.75) is 12.6 Å². The van der Waals surface area contributed by atoms with Crippen LogP contribution in [0.5, 0.6) is 0 Å². The van der Waals surface area contributed by atoms with Crippen LogP contribution in [0.4, 0.5) is 0 Å². The fourth-order valence-electron chi connectivity index (χ4n) is 1.91. The van der Waals surface area contributed by atoms with E-state index in [1.165, 1.54) is 15.8 Å². The van der Waals surface area contributed by atoms with E-state index in [0.717, 1.165) is 0 Å². The third kappa shape index (κ3) is 2.48. The first kappa shape index (κ1) is 12.5. The van der Waals surface area contributed by atoms with Gasteiger partial charge in [-0.3, -0.25) is 9.59 Å². The van der Waals surface area contributed by atoms with Crippen LogP contribution < -0.4 is 0 Å². The number of carbonyl (C=O) groups is 2. The summed E-state index contributed by atoms with van der Waals surface area (Å²) in [6.45, 7) is 0.427. The maximum atomic E-state index is 12.0. The highest BCUT2D eigenvalue weighted by molar-refractivity contribution is 5.78. The number of hydrogen-bond acceptors (Lipinski definition) is 5. The molecule has 2 unspecified atom stereocenters. The minimum atomic E-state index is -0.946. The van der Waals surface area contributed by atoms with Crippen molar-refractivity contribution >= 4 is 11.9 Å². The van der Waals surface area contributed by atoms with Gasteiger partial charge in [-0.15, -0.1) is 5.10 Å². The van der Waals surface area contributed by atoms with Crippen LogP contribution >= 0.6 is 0 Å². The number of amides is 1. The number of ether oxygens (including phenoxy) is 1.